The molecule has 2 heterocycles. The first-order valence-electron chi connectivity index (χ1n) is 10.4. The molecule has 0 aliphatic rings. The van der Waals surface area contributed by atoms with E-state index in [1.807, 2.05) is 103 Å². The number of benzene rings is 4. The Balaban J connectivity index is 1.53. The topological polar surface area (TPSA) is 63.6 Å². The summed E-state index contributed by atoms with van der Waals surface area (Å²) >= 11 is 0. The molecule has 5 nitrogen and oxygen atoms in total. The number of nitrogens with one attached hydrogen (secondary N) is 1. The van der Waals surface area contributed by atoms with Crippen molar-refractivity contribution in [3.8, 4) is 28.5 Å². The number of rotatable bonds is 3. The maximum absolute atomic E-state index is 13.5. The summed E-state index contributed by atoms with van der Waals surface area (Å²) in [6.45, 7) is 0. The van der Waals surface area contributed by atoms with Crippen molar-refractivity contribution in [2.75, 3.05) is 0 Å². The molecule has 4 aromatic carbocycles. The lowest BCUT2D eigenvalue weighted by atomic mass is 10.1. The highest BCUT2D eigenvalue weighted by Gasteiger charge is 2.14. The molecule has 152 valence electrons. The third kappa shape index (κ3) is 2.99. The molecule has 0 fully saturated rings. The number of para-hydroxylation sites is 3. The van der Waals surface area contributed by atoms with E-state index >= 15 is 0 Å². The third-order valence-electron chi connectivity index (χ3n) is 5.60. The lowest BCUT2D eigenvalue weighted by Gasteiger charge is -2.14. The van der Waals surface area contributed by atoms with E-state index in [-0.39, 0.29) is 5.56 Å². The summed E-state index contributed by atoms with van der Waals surface area (Å²) in [5.74, 6) is 1.41. The summed E-state index contributed by atoms with van der Waals surface area (Å²) in [5, 5.41) is 0.591. The van der Waals surface area contributed by atoms with Gasteiger partial charge in [-0.3, -0.25) is 9.36 Å². The van der Waals surface area contributed by atoms with Crippen molar-refractivity contribution in [3.63, 3.8) is 0 Å². The van der Waals surface area contributed by atoms with Gasteiger partial charge in [0, 0.05) is 11.1 Å². The average Bonchev–Trinajstić information content (AvgIpc) is 3.29. The van der Waals surface area contributed by atoms with Gasteiger partial charge in [0.2, 0.25) is 0 Å². The van der Waals surface area contributed by atoms with Gasteiger partial charge >= 0.3 is 0 Å². The lowest BCUT2D eigenvalue weighted by molar-refractivity contribution is 0.976. The van der Waals surface area contributed by atoms with E-state index in [0.717, 1.165) is 33.7 Å². The van der Waals surface area contributed by atoms with Gasteiger partial charge in [-0.05, 0) is 48.5 Å². The minimum Gasteiger partial charge on any atom is -0.338 e. The van der Waals surface area contributed by atoms with Crippen molar-refractivity contribution in [1.29, 1.82) is 0 Å². The molecule has 32 heavy (non-hydrogen) atoms. The van der Waals surface area contributed by atoms with Crippen molar-refractivity contribution in [2.45, 2.75) is 0 Å². The Hall–Kier alpha value is -4.51. The number of aromatic nitrogens is 4. The number of imidazole rings is 1. The Bertz CT molecular complexity index is 1600. The fraction of sp³-hybridized carbons (Fsp3) is 0. The molecule has 0 saturated carbocycles. The Labute approximate surface area is 183 Å². The van der Waals surface area contributed by atoms with Crippen LogP contribution in [0.25, 0.3) is 50.4 Å². The molecule has 0 unspecified atom stereocenters. The average molecular weight is 414 g/mol. The minimum atomic E-state index is -0.0917. The zero-order valence-electron chi connectivity index (χ0n) is 17.1. The second-order valence-electron chi connectivity index (χ2n) is 7.61. The fourth-order valence-electron chi connectivity index (χ4n) is 4.01. The maximum atomic E-state index is 13.5. The summed E-state index contributed by atoms with van der Waals surface area (Å²) in [5.41, 5.74) is 5.11. The Morgan fingerprint density at radius 3 is 2.09 bits per heavy atom. The number of aromatic amines is 1. The van der Waals surface area contributed by atoms with Gasteiger partial charge in [0.1, 0.15) is 11.6 Å². The molecular weight excluding hydrogens is 396 g/mol. The van der Waals surface area contributed by atoms with E-state index in [4.69, 9.17) is 4.98 Å². The zero-order valence-corrected chi connectivity index (χ0v) is 17.1. The minimum absolute atomic E-state index is 0.0917. The molecule has 0 aliphatic heterocycles. The molecule has 0 atom stereocenters. The SMILES string of the molecule is O=c1c2ccccc2nc(-c2ccccc2)n1-c1ccc(-c2nc3ccccc3[nH]2)cc1. The molecule has 0 radical (unpaired) electrons. The van der Waals surface area contributed by atoms with Crippen LogP contribution in [-0.4, -0.2) is 19.5 Å². The summed E-state index contributed by atoms with van der Waals surface area (Å²) in [4.78, 5) is 26.4. The Morgan fingerprint density at radius 2 is 1.31 bits per heavy atom. The van der Waals surface area contributed by atoms with Crippen LogP contribution in [0.3, 0.4) is 0 Å². The summed E-state index contributed by atoms with van der Waals surface area (Å²) < 4.78 is 1.68. The summed E-state index contributed by atoms with van der Waals surface area (Å²) in [6, 6.07) is 33.0. The highest BCUT2D eigenvalue weighted by Crippen LogP contribution is 2.25. The van der Waals surface area contributed by atoms with Gasteiger partial charge in [0.15, 0.2) is 0 Å². The molecule has 1 N–H and O–H groups in total. The number of fused-ring (bicyclic) bond motifs is 2. The first kappa shape index (κ1) is 18.3. The molecule has 6 rings (SSSR count). The monoisotopic (exact) mass is 414 g/mol. The van der Waals surface area contributed by atoms with Crippen LogP contribution in [-0.2, 0) is 0 Å². The maximum Gasteiger partial charge on any atom is 0.266 e. The zero-order chi connectivity index (χ0) is 21.5. The van der Waals surface area contributed by atoms with E-state index in [2.05, 4.69) is 9.97 Å². The van der Waals surface area contributed by atoms with Gasteiger partial charge < -0.3 is 4.98 Å². The van der Waals surface area contributed by atoms with Gasteiger partial charge in [-0.25, -0.2) is 9.97 Å². The van der Waals surface area contributed by atoms with Crippen LogP contribution in [0.5, 0.6) is 0 Å². The smallest absolute Gasteiger partial charge is 0.266 e. The molecule has 0 spiro atoms. The molecule has 0 saturated heterocycles. The van der Waals surface area contributed by atoms with Crippen LogP contribution in [0.2, 0.25) is 0 Å². The second kappa shape index (κ2) is 7.32. The van der Waals surface area contributed by atoms with Crippen molar-refractivity contribution < 1.29 is 0 Å². The van der Waals surface area contributed by atoms with Crippen LogP contribution < -0.4 is 5.56 Å². The predicted octanol–water partition coefficient (Wildman–Crippen LogP) is 5.60. The largest absolute Gasteiger partial charge is 0.338 e. The van der Waals surface area contributed by atoms with Crippen molar-refractivity contribution in [2.24, 2.45) is 0 Å². The molecule has 2 aromatic heterocycles. The van der Waals surface area contributed by atoms with E-state index in [9.17, 15) is 4.79 Å². The molecule has 0 bridgehead atoms. The molecule has 0 amide bonds. The van der Waals surface area contributed by atoms with Gasteiger partial charge in [-0.1, -0.05) is 54.6 Å². The van der Waals surface area contributed by atoms with Gasteiger partial charge in [-0.15, -0.1) is 0 Å². The summed E-state index contributed by atoms with van der Waals surface area (Å²) in [7, 11) is 0. The van der Waals surface area contributed by atoms with Crippen LogP contribution in [0.15, 0.2) is 108 Å². The van der Waals surface area contributed by atoms with Gasteiger partial charge in [0.05, 0.1) is 27.6 Å². The fourth-order valence-corrected chi connectivity index (χ4v) is 4.01. The highest BCUT2D eigenvalue weighted by molar-refractivity contribution is 5.81. The van der Waals surface area contributed by atoms with Crippen molar-refractivity contribution in [3.05, 3.63) is 113 Å². The van der Waals surface area contributed by atoms with Crippen LogP contribution in [0.1, 0.15) is 0 Å². The molecule has 0 aliphatic carbocycles. The van der Waals surface area contributed by atoms with E-state index in [1.165, 1.54) is 0 Å². The predicted molar refractivity (Wildman–Crippen MR) is 128 cm³/mol. The third-order valence-corrected chi connectivity index (χ3v) is 5.60. The first-order valence-corrected chi connectivity index (χ1v) is 10.4. The van der Waals surface area contributed by atoms with E-state index < -0.39 is 0 Å². The first-order chi connectivity index (χ1) is 15.8. The van der Waals surface area contributed by atoms with Gasteiger partial charge in [0.25, 0.3) is 5.56 Å². The normalized spacial score (nSPS) is 11.2. The number of nitrogens with zero attached hydrogens (tertiary/aromatic N) is 3. The van der Waals surface area contributed by atoms with Crippen LogP contribution in [0.4, 0.5) is 0 Å². The second-order valence-corrected chi connectivity index (χ2v) is 7.61. The number of hydrogen-bond donors (Lipinski definition) is 1. The standard InChI is InChI=1S/C27H18N4O/c32-27-21-10-4-5-11-22(21)30-26(19-8-2-1-3-9-19)31(27)20-16-14-18(15-17-20)25-28-23-12-6-7-13-24(23)29-25/h1-17H,(H,28,29). The Morgan fingerprint density at radius 1 is 0.625 bits per heavy atom. The van der Waals surface area contributed by atoms with Crippen molar-refractivity contribution in [1.82, 2.24) is 19.5 Å². The van der Waals surface area contributed by atoms with E-state index in [0.29, 0.717) is 16.7 Å². The van der Waals surface area contributed by atoms with Gasteiger partial charge in [-0.2, -0.15) is 0 Å². The number of H-pyrrole nitrogens is 1. The van der Waals surface area contributed by atoms with E-state index in [1.54, 1.807) is 4.57 Å². The van der Waals surface area contributed by atoms with Crippen LogP contribution >= 0.6 is 0 Å². The molecule has 5 heteroatoms. The van der Waals surface area contributed by atoms with Crippen LogP contribution in [0, 0.1) is 0 Å². The summed E-state index contributed by atoms with van der Waals surface area (Å²) in [6.07, 6.45) is 0. The Kier molecular flexibility index (Phi) is 4.18. The molecule has 6 aromatic rings. The molecular formula is C27H18N4O. The number of hydrogen-bond acceptors (Lipinski definition) is 3. The quantitative estimate of drug-likeness (QED) is 0.410. The highest BCUT2D eigenvalue weighted by atomic mass is 16.1. The van der Waals surface area contributed by atoms with Crippen molar-refractivity contribution >= 4 is 21.9 Å². The lowest BCUT2D eigenvalue weighted by Crippen LogP contribution is -2.21.